The Morgan fingerprint density at radius 2 is 2.05 bits per heavy atom. The highest BCUT2D eigenvalue weighted by atomic mass is 16.4. The fourth-order valence-corrected chi connectivity index (χ4v) is 2.50. The lowest BCUT2D eigenvalue weighted by molar-refractivity contribution is 0.0690. The zero-order chi connectivity index (χ0) is 14.0. The molecule has 1 aliphatic carbocycles. The average molecular weight is 262 g/mol. The summed E-state index contributed by atoms with van der Waals surface area (Å²) < 4.78 is 0. The second-order valence-electron chi connectivity index (χ2n) is 5.79. The maximum atomic E-state index is 12.0. The van der Waals surface area contributed by atoms with E-state index in [9.17, 15) is 9.59 Å². The molecule has 1 unspecified atom stereocenters. The summed E-state index contributed by atoms with van der Waals surface area (Å²) in [5, 5.41) is 11.8. The Morgan fingerprint density at radius 1 is 1.37 bits per heavy atom. The molecule has 1 fully saturated rings. The molecule has 5 nitrogen and oxygen atoms in total. The number of hydrogen-bond acceptors (Lipinski definition) is 3. The van der Waals surface area contributed by atoms with Gasteiger partial charge in [-0.25, -0.2) is 9.78 Å². The highest BCUT2D eigenvalue weighted by Crippen LogP contribution is 2.36. The minimum atomic E-state index is -1.13. The number of carbonyl (C=O) groups is 2. The van der Waals surface area contributed by atoms with Crippen LogP contribution in [0.4, 0.5) is 0 Å². The van der Waals surface area contributed by atoms with Crippen molar-refractivity contribution in [2.24, 2.45) is 5.41 Å². The minimum Gasteiger partial charge on any atom is -0.477 e. The first kappa shape index (κ1) is 13.5. The van der Waals surface area contributed by atoms with E-state index in [1.807, 2.05) is 0 Å². The number of nitrogens with one attached hydrogen (secondary N) is 1. The Morgan fingerprint density at radius 3 is 2.63 bits per heavy atom. The highest BCUT2D eigenvalue weighted by molar-refractivity contribution is 5.94. The van der Waals surface area contributed by atoms with Crippen molar-refractivity contribution < 1.29 is 14.7 Å². The molecule has 1 aromatic heterocycles. The first-order valence-corrected chi connectivity index (χ1v) is 6.39. The molecule has 5 heteroatoms. The highest BCUT2D eigenvalue weighted by Gasteiger charge is 2.31. The van der Waals surface area contributed by atoms with Crippen LogP contribution < -0.4 is 5.32 Å². The van der Waals surface area contributed by atoms with Gasteiger partial charge in [0, 0.05) is 6.04 Å². The fraction of sp³-hybridized carbons (Fsp3) is 0.500. The van der Waals surface area contributed by atoms with Gasteiger partial charge < -0.3 is 10.4 Å². The molecule has 102 valence electrons. The number of carboxylic acid groups (broad SMARTS) is 1. The molecular formula is C14H18N2O3. The Hall–Kier alpha value is -1.91. The molecule has 1 aliphatic rings. The first-order chi connectivity index (χ1) is 8.87. The SMILES string of the molecule is CC1(C)CCC(NC(=O)c2cccc(C(=O)O)n2)C1. The van der Waals surface area contributed by atoms with Crippen LogP contribution in [-0.4, -0.2) is 28.0 Å². The predicted octanol–water partition coefficient (Wildman–Crippen LogP) is 2.09. The van der Waals surface area contributed by atoms with E-state index in [1.54, 1.807) is 0 Å². The second-order valence-corrected chi connectivity index (χ2v) is 5.79. The molecule has 0 spiro atoms. The Labute approximate surface area is 112 Å². The lowest BCUT2D eigenvalue weighted by atomic mass is 9.92. The van der Waals surface area contributed by atoms with Crippen molar-refractivity contribution >= 4 is 11.9 Å². The molecular weight excluding hydrogens is 244 g/mol. The average Bonchev–Trinajstić information content (AvgIpc) is 2.68. The van der Waals surface area contributed by atoms with E-state index in [0.717, 1.165) is 19.3 Å². The fourth-order valence-electron chi connectivity index (χ4n) is 2.50. The first-order valence-electron chi connectivity index (χ1n) is 6.39. The smallest absolute Gasteiger partial charge is 0.354 e. The number of aromatic nitrogens is 1. The molecule has 1 aromatic rings. The van der Waals surface area contributed by atoms with Crippen molar-refractivity contribution in [2.75, 3.05) is 0 Å². The summed E-state index contributed by atoms with van der Waals surface area (Å²) in [4.78, 5) is 26.7. The van der Waals surface area contributed by atoms with Crippen molar-refractivity contribution in [1.29, 1.82) is 0 Å². The zero-order valence-electron chi connectivity index (χ0n) is 11.1. The maximum Gasteiger partial charge on any atom is 0.354 e. The van der Waals surface area contributed by atoms with E-state index in [2.05, 4.69) is 24.1 Å². The summed E-state index contributed by atoms with van der Waals surface area (Å²) in [7, 11) is 0. The third-order valence-corrected chi connectivity index (χ3v) is 3.50. The molecule has 0 radical (unpaired) electrons. The normalized spacial score (nSPS) is 21.1. The van der Waals surface area contributed by atoms with Crippen LogP contribution in [0, 0.1) is 5.41 Å². The van der Waals surface area contributed by atoms with Gasteiger partial charge in [0.2, 0.25) is 0 Å². The van der Waals surface area contributed by atoms with Gasteiger partial charge in [-0.05, 0) is 36.8 Å². The molecule has 0 aromatic carbocycles. The van der Waals surface area contributed by atoms with Gasteiger partial charge in [0.1, 0.15) is 11.4 Å². The van der Waals surface area contributed by atoms with E-state index < -0.39 is 5.97 Å². The summed E-state index contributed by atoms with van der Waals surface area (Å²) in [5.41, 5.74) is 0.304. The summed E-state index contributed by atoms with van der Waals surface area (Å²) in [6.07, 6.45) is 2.98. The standard InChI is InChI=1S/C14H18N2O3/c1-14(2)7-6-9(8-14)15-12(17)10-4-3-5-11(16-10)13(18)19/h3-5,9H,6-8H2,1-2H3,(H,15,17)(H,18,19). The van der Waals surface area contributed by atoms with Gasteiger partial charge in [-0.1, -0.05) is 19.9 Å². The van der Waals surface area contributed by atoms with E-state index >= 15 is 0 Å². The molecule has 1 atom stereocenters. The third-order valence-electron chi connectivity index (χ3n) is 3.50. The molecule has 2 rings (SSSR count). The van der Waals surface area contributed by atoms with Gasteiger partial charge in [0.25, 0.3) is 5.91 Å². The third kappa shape index (κ3) is 3.30. The van der Waals surface area contributed by atoms with Crippen LogP contribution in [0.15, 0.2) is 18.2 Å². The van der Waals surface area contributed by atoms with Gasteiger partial charge in [-0.3, -0.25) is 4.79 Å². The predicted molar refractivity (Wildman–Crippen MR) is 70.1 cm³/mol. The van der Waals surface area contributed by atoms with Crippen molar-refractivity contribution in [3.63, 3.8) is 0 Å². The number of aromatic carboxylic acids is 1. The minimum absolute atomic E-state index is 0.112. The molecule has 1 amide bonds. The Balaban J connectivity index is 2.04. The van der Waals surface area contributed by atoms with Crippen LogP contribution >= 0.6 is 0 Å². The van der Waals surface area contributed by atoms with E-state index in [-0.39, 0.29) is 28.8 Å². The molecule has 19 heavy (non-hydrogen) atoms. The van der Waals surface area contributed by atoms with Crippen molar-refractivity contribution in [3.05, 3.63) is 29.6 Å². The summed E-state index contributed by atoms with van der Waals surface area (Å²) in [5.74, 6) is -1.43. The number of rotatable bonds is 3. The largest absolute Gasteiger partial charge is 0.477 e. The number of pyridine rings is 1. The number of nitrogens with zero attached hydrogens (tertiary/aromatic N) is 1. The maximum absolute atomic E-state index is 12.0. The van der Waals surface area contributed by atoms with Gasteiger partial charge in [-0.2, -0.15) is 0 Å². The lowest BCUT2D eigenvalue weighted by Gasteiger charge is -2.17. The zero-order valence-corrected chi connectivity index (χ0v) is 11.1. The van der Waals surface area contributed by atoms with Crippen LogP contribution in [0.5, 0.6) is 0 Å². The van der Waals surface area contributed by atoms with Crippen LogP contribution in [-0.2, 0) is 0 Å². The van der Waals surface area contributed by atoms with Crippen LogP contribution in [0.2, 0.25) is 0 Å². The monoisotopic (exact) mass is 262 g/mol. The molecule has 0 saturated heterocycles. The number of amides is 1. The summed E-state index contributed by atoms with van der Waals surface area (Å²) >= 11 is 0. The number of carboxylic acids is 1. The van der Waals surface area contributed by atoms with Crippen molar-refractivity contribution in [1.82, 2.24) is 10.3 Å². The second kappa shape index (κ2) is 4.99. The van der Waals surface area contributed by atoms with Gasteiger partial charge in [-0.15, -0.1) is 0 Å². The van der Waals surface area contributed by atoms with Gasteiger partial charge in [0.15, 0.2) is 0 Å². The molecule has 1 saturated carbocycles. The van der Waals surface area contributed by atoms with Gasteiger partial charge in [0.05, 0.1) is 0 Å². The number of hydrogen-bond donors (Lipinski definition) is 2. The van der Waals surface area contributed by atoms with E-state index in [4.69, 9.17) is 5.11 Å². The summed E-state index contributed by atoms with van der Waals surface area (Å²) in [6, 6.07) is 4.58. The molecule has 1 heterocycles. The molecule has 0 bridgehead atoms. The Kier molecular flexibility index (Phi) is 3.55. The molecule has 0 aliphatic heterocycles. The quantitative estimate of drug-likeness (QED) is 0.874. The van der Waals surface area contributed by atoms with Crippen molar-refractivity contribution in [2.45, 2.75) is 39.2 Å². The Bertz CT molecular complexity index is 511. The number of carbonyl (C=O) groups excluding carboxylic acids is 1. The topological polar surface area (TPSA) is 79.3 Å². The summed E-state index contributed by atoms with van der Waals surface area (Å²) in [6.45, 7) is 4.37. The van der Waals surface area contributed by atoms with Crippen molar-refractivity contribution in [3.8, 4) is 0 Å². The van der Waals surface area contributed by atoms with E-state index in [0.29, 0.717) is 0 Å². The lowest BCUT2D eigenvalue weighted by Crippen LogP contribution is -2.34. The van der Waals surface area contributed by atoms with Crippen LogP contribution in [0.25, 0.3) is 0 Å². The van der Waals surface area contributed by atoms with Crippen LogP contribution in [0.3, 0.4) is 0 Å². The van der Waals surface area contributed by atoms with E-state index in [1.165, 1.54) is 18.2 Å². The van der Waals surface area contributed by atoms with Crippen LogP contribution in [0.1, 0.15) is 54.1 Å². The molecule has 2 N–H and O–H groups in total. The van der Waals surface area contributed by atoms with Gasteiger partial charge >= 0.3 is 5.97 Å².